The maximum absolute atomic E-state index is 11.7. The molecule has 0 saturated carbocycles. The predicted molar refractivity (Wildman–Crippen MR) is 70.3 cm³/mol. The molecule has 0 saturated heterocycles. The van der Waals surface area contributed by atoms with E-state index in [4.69, 9.17) is 0 Å². The van der Waals surface area contributed by atoms with Crippen molar-refractivity contribution in [2.75, 3.05) is 0 Å². The van der Waals surface area contributed by atoms with Crippen molar-refractivity contribution in [1.82, 2.24) is 4.98 Å². The minimum atomic E-state index is 0.137. The van der Waals surface area contributed by atoms with E-state index < -0.39 is 0 Å². The van der Waals surface area contributed by atoms with Crippen molar-refractivity contribution in [3.8, 4) is 11.3 Å². The van der Waals surface area contributed by atoms with Gasteiger partial charge in [0.25, 0.3) is 0 Å². The summed E-state index contributed by atoms with van der Waals surface area (Å²) in [7, 11) is 0. The standard InChI is InChI=1S/C15H17NO/c1-4-13-14(11(3)17)10(2)16-15(13)12-8-6-5-7-9-12/h5-9,16H,4H2,1-3H3. The van der Waals surface area contributed by atoms with Crippen LogP contribution in [0.5, 0.6) is 0 Å². The number of rotatable bonds is 3. The summed E-state index contributed by atoms with van der Waals surface area (Å²) < 4.78 is 0. The molecule has 2 aromatic rings. The molecule has 0 unspecified atom stereocenters. The number of carbonyl (C=O) groups is 1. The monoisotopic (exact) mass is 227 g/mol. The number of benzene rings is 1. The lowest BCUT2D eigenvalue weighted by molar-refractivity contribution is 0.101. The van der Waals surface area contributed by atoms with E-state index in [1.54, 1.807) is 6.92 Å². The van der Waals surface area contributed by atoms with Crippen LogP contribution in [0.25, 0.3) is 11.3 Å². The first-order valence-corrected chi connectivity index (χ1v) is 5.93. The molecular formula is C15H17NO. The molecule has 0 aliphatic rings. The van der Waals surface area contributed by atoms with Crippen LogP contribution in [0.15, 0.2) is 30.3 Å². The van der Waals surface area contributed by atoms with E-state index in [0.717, 1.165) is 34.5 Å². The summed E-state index contributed by atoms with van der Waals surface area (Å²) in [5.41, 5.74) is 5.16. The Bertz CT molecular complexity index is 538. The molecule has 1 aromatic carbocycles. The molecule has 88 valence electrons. The lowest BCUT2D eigenvalue weighted by atomic mass is 10.00. The van der Waals surface area contributed by atoms with E-state index in [-0.39, 0.29) is 5.78 Å². The zero-order valence-corrected chi connectivity index (χ0v) is 10.5. The average molecular weight is 227 g/mol. The zero-order chi connectivity index (χ0) is 12.4. The third-order valence-corrected chi connectivity index (χ3v) is 3.06. The Balaban J connectivity index is 2.64. The SMILES string of the molecule is CCc1c(-c2ccccc2)[nH]c(C)c1C(C)=O. The summed E-state index contributed by atoms with van der Waals surface area (Å²) >= 11 is 0. The van der Waals surface area contributed by atoms with Crippen molar-refractivity contribution in [1.29, 1.82) is 0 Å². The Labute approximate surface area is 102 Å². The van der Waals surface area contributed by atoms with Crippen LogP contribution < -0.4 is 0 Å². The lowest BCUT2D eigenvalue weighted by Crippen LogP contribution is -1.97. The van der Waals surface area contributed by atoms with Gasteiger partial charge in [0.1, 0.15) is 0 Å². The average Bonchev–Trinajstić information content (AvgIpc) is 2.67. The molecule has 0 radical (unpaired) electrons. The first kappa shape index (κ1) is 11.6. The molecule has 0 amide bonds. The van der Waals surface area contributed by atoms with Gasteiger partial charge in [-0.2, -0.15) is 0 Å². The summed E-state index contributed by atoms with van der Waals surface area (Å²) in [6.45, 7) is 5.67. The van der Waals surface area contributed by atoms with Crippen LogP contribution in [0.3, 0.4) is 0 Å². The van der Waals surface area contributed by atoms with Gasteiger partial charge < -0.3 is 4.98 Å². The van der Waals surface area contributed by atoms with E-state index in [0.29, 0.717) is 0 Å². The van der Waals surface area contributed by atoms with Crippen molar-refractivity contribution in [2.24, 2.45) is 0 Å². The number of Topliss-reactive ketones (excluding diaryl/α,β-unsaturated/α-hetero) is 1. The van der Waals surface area contributed by atoms with Gasteiger partial charge in [-0.25, -0.2) is 0 Å². The largest absolute Gasteiger partial charge is 0.358 e. The summed E-state index contributed by atoms with van der Waals surface area (Å²) in [6, 6.07) is 10.1. The topological polar surface area (TPSA) is 32.9 Å². The maximum Gasteiger partial charge on any atom is 0.161 e. The van der Waals surface area contributed by atoms with Crippen LogP contribution in [0.1, 0.15) is 35.5 Å². The highest BCUT2D eigenvalue weighted by Crippen LogP contribution is 2.28. The highest BCUT2D eigenvalue weighted by atomic mass is 16.1. The molecule has 1 N–H and O–H groups in total. The number of H-pyrrole nitrogens is 1. The van der Waals surface area contributed by atoms with Crippen molar-refractivity contribution in [2.45, 2.75) is 27.2 Å². The predicted octanol–water partition coefficient (Wildman–Crippen LogP) is 3.76. The Morgan fingerprint density at radius 1 is 1.24 bits per heavy atom. The zero-order valence-electron chi connectivity index (χ0n) is 10.5. The van der Waals surface area contributed by atoms with Crippen LogP contribution in [0, 0.1) is 6.92 Å². The molecule has 2 rings (SSSR count). The Hall–Kier alpha value is -1.83. The van der Waals surface area contributed by atoms with E-state index in [9.17, 15) is 4.79 Å². The molecule has 0 spiro atoms. The normalized spacial score (nSPS) is 10.5. The highest BCUT2D eigenvalue weighted by Gasteiger charge is 2.17. The Morgan fingerprint density at radius 2 is 1.88 bits per heavy atom. The molecule has 1 heterocycles. The summed E-state index contributed by atoms with van der Waals surface area (Å²) in [5.74, 6) is 0.137. The lowest BCUT2D eigenvalue weighted by Gasteiger charge is -2.03. The highest BCUT2D eigenvalue weighted by molar-refractivity contribution is 5.98. The second-order valence-corrected chi connectivity index (χ2v) is 4.25. The van der Waals surface area contributed by atoms with Crippen molar-refractivity contribution in [3.63, 3.8) is 0 Å². The fourth-order valence-electron chi connectivity index (χ4n) is 2.36. The number of aromatic nitrogens is 1. The molecule has 0 fully saturated rings. The molecule has 0 atom stereocenters. The van der Waals surface area contributed by atoms with E-state index >= 15 is 0 Å². The third-order valence-electron chi connectivity index (χ3n) is 3.06. The van der Waals surface area contributed by atoms with Gasteiger partial charge >= 0.3 is 0 Å². The minimum absolute atomic E-state index is 0.137. The van der Waals surface area contributed by atoms with Gasteiger partial charge in [-0.15, -0.1) is 0 Å². The van der Waals surface area contributed by atoms with Gasteiger partial charge in [-0.05, 0) is 31.4 Å². The summed E-state index contributed by atoms with van der Waals surface area (Å²) in [6.07, 6.45) is 0.865. The summed E-state index contributed by atoms with van der Waals surface area (Å²) in [5, 5.41) is 0. The van der Waals surface area contributed by atoms with Crippen molar-refractivity contribution in [3.05, 3.63) is 47.2 Å². The second kappa shape index (κ2) is 4.58. The van der Waals surface area contributed by atoms with Gasteiger partial charge in [-0.3, -0.25) is 4.79 Å². The Morgan fingerprint density at radius 3 is 2.41 bits per heavy atom. The molecule has 0 bridgehead atoms. The fraction of sp³-hybridized carbons (Fsp3) is 0.267. The first-order chi connectivity index (χ1) is 8.15. The second-order valence-electron chi connectivity index (χ2n) is 4.25. The van der Waals surface area contributed by atoms with Gasteiger partial charge in [0.15, 0.2) is 5.78 Å². The van der Waals surface area contributed by atoms with E-state index in [1.807, 2.05) is 25.1 Å². The van der Waals surface area contributed by atoms with Crippen LogP contribution >= 0.6 is 0 Å². The minimum Gasteiger partial charge on any atom is -0.358 e. The molecule has 17 heavy (non-hydrogen) atoms. The molecule has 2 nitrogen and oxygen atoms in total. The molecule has 0 aliphatic carbocycles. The van der Waals surface area contributed by atoms with Gasteiger partial charge in [0.05, 0.1) is 0 Å². The van der Waals surface area contributed by atoms with Crippen molar-refractivity contribution >= 4 is 5.78 Å². The molecule has 2 heteroatoms. The van der Waals surface area contributed by atoms with Crippen molar-refractivity contribution < 1.29 is 4.79 Å². The van der Waals surface area contributed by atoms with Gasteiger partial charge in [0.2, 0.25) is 0 Å². The molecule has 0 aliphatic heterocycles. The van der Waals surface area contributed by atoms with E-state index in [2.05, 4.69) is 24.0 Å². The van der Waals surface area contributed by atoms with Gasteiger partial charge in [0, 0.05) is 17.0 Å². The number of hydrogen-bond donors (Lipinski definition) is 1. The maximum atomic E-state index is 11.7. The number of hydrogen-bond acceptors (Lipinski definition) is 1. The number of aromatic amines is 1. The smallest absolute Gasteiger partial charge is 0.161 e. The van der Waals surface area contributed by atoms with Crippen LogP contribution in [0.4, 0.5) is 0 Å². The van der Waals surface area contributed by atoms with Crippen LogP contribution in [-0.2, 0) is 6.42 Å². The third kappa shape index (κ3) is 2.03. The molecular weight excluding hydrogens is 210 g/mol. The fourth-order valence-corrected chi connectivity index (χ4v) is 2.36. The number of nitrogens with one attached hydrogen (secondary N) is 1. The first-order valence-electron chi connectivity index (χ1n) is 5.93. The molecule has 1 aromatic heterocycles. The number of aryl methyl sites for hydroxylation is 1. The number of carbonyl (C=O) groups excluding carboxylic acids is 1. The van der Waals surface area contributed by atoms with E-state index in [1.165, 1.54) is 0 Å². The van der Waals surface area contributed by atoms with Crippen LogP contribution in [0.2, 0.25) is 0 Å². The van der Waals surface area contributed by atoms with Crippen LogP contribution in [-0.4, -0.2) is 10.8 Å². The Kier molecular flexibility index (Phi) is 3.14. The number of ketones is 1. The van der Waals surface area contributed by atoms with Gasteiger partial charge in [-0.1, -0.05) is 37.3 Å². The quantitative estimate of drug-likeness (QED) is 0.796. The summed E-state index contributed by atoms with van der Waals surface area (Å²) in [4.78, 5) is 15.0.